The molecule has 1 aromatic heterocycles. The summed E-state index contributed by atoms with van der Waals surface area (Å²) >= 11 is 0. The first-order valence-corrected chi connectivity index (χ1v) is 22.6. The van der Waals surface area contributed by atoms with Crippen molar-refractivity contribution in [2.75, 3.05) is 33.7 Å². The van der Waals surface area contributed by atoms with Crippen molar-refractivity contribution in [1.82, 2.24) is 19.8 Å². The van der Waals surface area contributed by atoms with Crippen LogP contribution in [0, 0.1) is 68.0 Å². The number of carboxylic acid groups (broad SMARTS) is 1. The van der Waals surface area contributed by atoms with Gasteiger partial charge in [-0.2, -0.15) is 0 Å². The Morgan fingerprint density at radius 3 is 2.14 bits per heavy atom. The standard InChI is InChI=1S/C48H72N4O7/c1-28(2)38-33(53)23-48(36(54)26-52(21-20-51(10)11)40(55)29-24-49-27-50-25-29)19-18-46(8)30(39(38)48)12-13-35-45(7)16-15-37(44(5,6)34(45)14-17-47(35,46)9)59-42(58)32-22-31(41(56)57)43(32,3)4/h24-25,27-28,30-32,34-37,54H,12-23,26H2,1-11H3,(H,56,57)/t30-,31+,32-,34+,35-,36+,37+,45+,46-,47-,48+/m1/s1. The number of allylic oxidation sites excluding steroid dienone is 1. The van der Waals surface area contributed by atoms with Gasteiger partial charge in [-0.15, -0.1) is 0 Å². The highest BCUT2D eigenvalue weighted by Crippen LogP contribution is 2.77. The molecule has 11 nitrogen and oxygen atoms in total. The zero-order valence-corrected chi connectivity index (χ0v) is 37.8. The molecule has 59 heavy (non-hydrogen) atoms. The molecular weight excluding hydrogens is 745 g/mol. The summed E-state index contributed by atoms with van der Waals surface area (Å²) in [6.07, 6.45) is 11.4. The lowest BCUT2D eigenvalue weighted by molar-refractivity contribution is -0.238. The van der Waals surface area contributed by atoms with E-state index in [4.69, 9.17) is 4.74 Å². The number of amides is 1. The SMILES string of the molecule is CC(C)C1=C2[C@H]3CC[C@@H]4[C@@]5(C)CC[C@H](OC(=O)[C@H]6C[C@@H](C(=O)O)C6(C)C)C(C)(C)[C@@H]5CC[C@@]4(C)[C@]3(C)CC[C@@]2([C@@H](O)CN(CCN(C)C)C(=O)c2cncnc2)CC1=O. The van der Waals surface area contributed by atoms with Crippen molar-refractivity contribution in [2.24, 2.45) is 68.0 Å². The maximum absolute atomic E-state index is 14.3. The largest absolute Gasteiger partial charge is 0.481 e. The monoisotopic (exact) mass is 817 g/mol. The van der Waals surface area contributed by atoms with Gasteiger partial charge in [-0.05, 0) is 123 Å². The van der Waals surface area contributed by atoms with Crippen LogP contribution in [0.5, 0.6) is 0 Å². The summed E-state index contributed by atoms with van der Waals surface area (Å²) in [5.74, 6) is -1.10. The average Bonchev–Trinajstić information content (AvgIpc) is 3.47. The number of likely N-dealkylation sites (N-methyl/N-ethyl adjacent to an activating group) is 1. The quantitative estimate of drug-likeness (QED) is 0.215. The Bertz CT molecular complexity index is 1880. The number of rotatable bonds is 11. The van der Waals surface area contributed by atoms with E-state index in [1.807, 2.05) is 32.8 Å². The molecular formula is C48H72N4O7. The van der Waals surface area contributed by atoms with Gasteiger partial charge in [-0.3, -0.25) is 19.2 Å². The number of fused-ring (bicyclic) bond motifs is 7. The molecule has 1 amide bonds. The number of aliphatic carboxylic acids is 1. The van der Waals surface area contributed by atoms with Gasteiger partial charge in [0.1, 0.15) is 12.4 Å². The summed E-state index contributed by atoms with van der Waals surface area (Å²) in [4.78, 5) is 65.7. The van der Waals surface area contributed by atoms with E-state index in [0.29, 0.717) is 43.3 Å². The number of ketones is 1. The van der Waals surface area contributed by atoms with E-state index in [9.17, 15) is 29.4 Å². The first-order valence-electron chi connectivity index (χ1n) is 22.6. The zero-order valence-electron chi connectivity index (χ0n) is 37.8. The molecule has 0 aliphatic heterocycles. The molecule has 7 rings (SSSR count). The zero-order chi connectivity index (χ0) is 43.2. The highest BCUT2D eigenvalue weighted by Gasteiger charge is 2.71. The number of hydrogen-bond acceptors (Lipinski definition) is 9. The molecule has 326 valence electrons. The van der Waals surface area contributed by atoms with Gasteiger partial charge in [0.15, 0.2) is 5.78 Å². The number of ether oxygens (including phenoxy) is 1. The van der Waals surface area contributed by atoms with Crippen LogP contribution in [0.2, 0.25) is 0 Å². The number of carboxylic acids is 1. The molecule has 0 spiro atoms. The van der Waals surface area contributed by atoms with Crippen molar-refractivity contribution in [1.29, 1.82) is 0 Å². The Balaban J connectivity index is 1.16. The van der Waals surface area contributed by atoms with Crippen LogP contribution < -0.4 is 0 Å². The molecule has 1 heterocycles. The Morgan fingerprint density at radius 2 is 1.53 bits per heavy atom. The lowest BCUT2D eigenvalue weighted by Gasteiger charge is -2.72. The third kappa shape index (κ3) is 6.64. The second kappa shape index (κ2) is 15.0. The topological polar surface area (TPSA) is 150 Å². The first-order chi connectivity index (χ1) is 27.5. The maximum Gasteiger partial charge on any atom is 0.309 e. The number of carbonyl (C=O) groups excluding carboxylic acids is 3. The predicted molar refractivity (Wildman–Crippen MR) is 225 cm³/mol. The number of aromatic nitrogens is 2. The van der Waals surface area contributed by atoms with Crippen LogP contribution in [-0.4, -0.2) is 99.5 Å². The Hall–Kier alpha value is -3.18. The van der Waals surface area contributed by atoms with Gasteiger partial charge in [0.25, 0.3) is 5.91 Å². The number of nitrogens with zero attached hydrogens (tertiary/aromatic N) is 4. The van der Waals surface area contributed by atoms with Crippen molar-refractivity contribution in [3.8, 4) is 0 Å². The summed E-state index contributed by atoms with van der Waals surface area (Å²) in [5, 5.41) is 22.3. The molecule has 0 bridgehead atoms. The Labute approximate surface area is 352 Å². The van der Waals surface area contributed by atoms with E-state index in [0.717, 1.165) is 50.5 Å². The predicted octanol–water partition coefficient (Wildman–Crippen LogP) is 7.48. The molecule has 0 unspecified atom stereocenters. The van der Waals surface area contributed by atoms with Gasteiger partial charge in [0.05, 0.1) is 23.5 Å². The van der Waals surface area contributed by atoms with E-state index in [1.165, 1.54) is 24.3 Å². The fourth-order valence-electron chi connectivity index (χ4n) is 14.8. The summed E-state index contributed by atoms with van der Waals surface area (Å²) in [6.45, 7) is 21.4. The summed E-state index contributed by atoms with van der Waals surface area (Å²) < 4.78 is 6.43. The summed E-state index contributed by atoms with van der Waals surface area (Å²) in [6, 6.07) is 0. The lowest BCUT2D eigenvalue weighted by Crippen LogP contribution is -2.66. The molecule has 6 aliphatic carbocycles. The lowest BCUT2D eigenvalue weighted by atomic mass is 9.33. The van der Waals surface area contributed by atoms with Gasteiger partial charge in [-0.25, -0.2) is 9.97 Å². The van der Waals surface area contributed by atoms with Crippen molar-refractivity contribution in [3.05, 3.63) is 35.4 Å². The smallest absolute Gasteiger partial charge is 0.309 e. The Kier molecular flexibility index (Phi) is 11.2. The van der Waals surface area contributed by atoms with Crippen LogP contribution in [0.1, 0.15) is 137 Å². The number of aliphatic hydroxyl groups excluding tert-OH is 1. The molecule has 11 heteroatoms. The van der Waals surface area contributed by atoms with Gasteiger partial charge < -0.3 is 24.7 Å². The minimum atomic E-state index is -0.906. The summed E-state index contributed by atoms with van der Waals surface area (Å²) in [5.41, 5.74) is 0.807. The molecule has 1 aromatic rings. The minimum absolute atomic E-state index is 0.0125. The number of carbonyl (C=O) groups is 4. The van der Waals surface area contributed by atoms with E-state index >= 15 is 0 Å². The molecule has 0 radical (unpaired) electrons. The van der Waals surface area contributed by atoms with Crippen LogP contribution >= 0.6 is 0 Å². The first kappa shape index (κ1) is 43.9. The van der Waals surface area contributed by atoms with Crippen molar-refractivity contribution < 1.29 is 34.1 Å². The highest BCUT2D eigenvalue weighted by atomic mass is 16.5. The number of hydrogen-bond donors (Lipinski definition) is 2. The third-order valence-corrected chi connectivity index (χ3v) is 18.5. The van der Waals surface area contributed by atoms with Crippen molar-refractivity contribution >= 4 is 23.6 Å². The van der Waals surface area contributed by atoms with Crippen molar-refractivity contribution in [3.63, 3.8) is 0 Å². The minimum Gasteiger partial charge on any atom is -0.481 e. The number of aliphatic hydroxyl groups is 1. The number of Topliss-reactive ketones (excluding diaryl/α,β-unsaturated/α-hetero) is 1. The van der Waals surface area contributed by atoms with Crippen LogP contribution in [0.15, 0.2) is 29.9 Å². The molecule has 2 N–H and O–H groups in total. The summed E-state index contributed by atoms with van der Waals surface area (Å²) in [7, 11) is 3.94. The van der Waals surface area contributed by atoms with Crippen LogP contribution in [-0.2, 0) is 19.1 Å². The average molecular weight is 817 g/mol. The van der Waals surface area contributed by atoms with Crippen LogP contribution in [0.25, 0.3) is 0 Å². The molecule has 5 saturated carbocycles. The van der Waals surface area contributed by atoms with E-state index in [2.05, 4.69) is 58.4 Å². The van der Waals surface area contributed by atoms with E-state index in [-0.39, 0.29) is 70.2 Å². The van der Waals surface area contributed by atoms with Crippen LogP contribution in [0.4, 0.5) is 0 Å². The normalized spacial score (nSPS) is 38.7. The van der Waals surface area contributed by atoms with Gasteiger partial charge >= 0.3 is 11.9 Å². The fraction of sp³-hybridized carbons (Fsp3) is 0.792. The molecule has 11 atom stereocenters. The van der Waals surface area contributed by atoms with E-state index < -0.39 is 34.7 Å². The van der Waals surface area contributed by atoms with Gasteiger partial charge in [0.2, 0.25) is 0 Å². The number of esters is 1. The third-order valence-electron chi connectivity index (χ3n) is 18.5. The molecule has 6 aliphatic rings. The molecule has 0 saturated heterocycles. The van der Waals surface area contributed by atoms with E-state index in [1.54, 1.807) is 4.90 Å². The van der Waals surface area contributed by atoms with Crippen molar-refractivity contribution in [2.45, 2.75) is 139 Å². The Morgan fingerprint density at radius 1 is 0.847 bits per heavy atom. The fourth-order valence-corrected chi connectivity index (χ4v) is 14.8. The molecule has 5 fully saturated rings. The molecule has 0 aromatic carbocycles. The van der Waals surface area contributed by atoms with Gasteiger partial charge in [0, 0.05) is 49.3 Å². The second-order valence-corrected chi connectivity index (χ2v) is 22.3. The van der Waals surface area contributed by atoms with Crippen LogP contribution in [0.3, 0.4) is 0 Å². The van der Waals surface area contributed by atoms with Gasteiger partial charge in [-0.1, -0.05) is 67.9 Å². The highest BCUT2D eigenvalue weighted by molar-refractivity contribution is 6.01. The maximum atomic E-state index is 14.3. The second-order valence-electron chi connectivity index (χ2n) is 22.3.